The van der Waals surface area contributed by atoms with Gasteiger partial charge in [0.2, 0.25) is 5.91 Å². The monoisotopic (exact) mass is 368 g/mol. The van der Waals surface area contributed by atoms with E-state index in [9.17, 15) is 4.79 Å². The van der Waals surface area contributed by atoms with Gasteiger partial charge in [-0.15, -0.1) is 0 Å². The van der Waals surface area contributed by atoms with Gasteiger partial charge in [0.05, 0.1) is 7.11 Å². The van der Waals surface area contributed by atoms with Crippen LogP contribution in [0.1, 0.15) is 31.7 Å². The number of primary amides is 1. The summed E-state index contributed by atoms with van der Waals surface area (Å²) in [5.41, 5.74) is 6.46. The van der Waals surface area contributed by atoms with E-state index in [0.29, 0.717) is 6.42 Å². The second-order valence-electron chi connectivity index (χ2n) is 5.62. The molecule has 4 N–H and O–H groups in total. The minimum atomic E-state index is -1.82. The van der Waals surface area contributed by atoms with Crippen LogP contribution in [-0.4, -0.2) is 59.7 Å². The molecule has 8 heteroatoms. The first-order chi connectivity index (χ1) is 12.3. The first-order valence-corrected chi connectivity index (χ1v) is 8.39. The maximum atomic E-state index is 10.8. The number of amides is 1. The number of hydrogen-bond acceptors (Lipinski definition) is 5. The molecular formula is C18H28N2O6. The lowest BCUT2D eigenvalue weighted by Gasteiger charge is -2.21. The van der Waals surface area contributed by atoms with E-state index in [-0.39, 0.29) is 5.91 Å². The van der Waals surface area contributed by atoms with Crippen molar-refractivity contribution in [3.63, 3.8) is 0 Å². The van der Waals surface area contributed by atoms with E-state index in [1.807, 2.05) is 12.1 Å². The van der Waals surface area contributed by atoms with Gasteiger partial charge in [0.1, 0.15) is 5.75 Å². The first kappa shape index (κ1) is 23.4. The van der Waals surface area contributed by atoms with Crippen LogP contribution >= 0.6 is 0 Å². The van der Waals surface area contributed by atoms with Crippen LogP contribution in [0.2, 0.25) is 0 Å². The highest BCUT2D eigenvalue weighted by molar-refractivity contribution is 6.27. The van der Waals surface area contributed by atoms with E-state index in [1.54, 1.807) is 7.11 Å². The van der Waals surface area contributed by atoms with Crippen molar-refractivity contribution in [1.29, 1.82) is 0 Å². The Labute approximate surface area is 153 Å². The Morgan fingerprint density at radius 1 is 1.12 bits per heavy atom. The number of carbonyl (C=O) groups is 3. The summed E-state index contributed by atoms with van der Waals surface area (Å²) in [6, 6.07) is 8.18. The van der Waals surface area contributed by atoms with Gasteiger partial charge in [-0.25, -0.2) is 9.59 Å². The molecule has 0 heterocycles. The van der Waals surface area contributed by atoms with Gasteiger partial charge in [-0.1, -0.05) is 19.1 Å². The number of carboxylic acid groups (broad SMARTS) is 2. The predicted molar refractivity (Wildman–Crippen MR) is 97.1 cm³/mol. The quantitative estimate of drug-likeness (QED) is 0.532. The molecule has 1 aromatic carbocycles. The number of benzene rings is 1. The van der Waals surface area contributed by atoms with E-state index in [0.717, 1.165) is 44.6 Å². The average Bonchev–Trinajstić information content (AvgIpc) is 2.60. The Balaban J connectivity index is 0.000000896. The number of methoxy groups -OCH3 is 1. The lowest BCUT2D eigenvalue weighted by atomic mass is 10.1. The number of nitrogens with zero attached hydrogens (tertiary/aromatic N) is 1. The number of ether oxygens (including phenoxy) is 1. The van der Waals surface area contributed by atoms with Gasteiger partial charge in [-0.3, -0.25) is 4.79 Å². The number of carbonyl (C=O) groups excluding carboxylic acids is 1. The number of aliphatic carboxylic acids is 2. The van der Waals surface area contributed by atoms with Gasteiger partial charge >= 0.3 is 11.9 Å². The van der Waals surface area contributed by atoms with Crippen molar-refractivity contribution in [2.24, 2.45) is 5.73 Å². The summed E-state index contributed by atoms with van der Waals surface area (Å²) in [6.07, 6.45) is 3.43. The average molecular weight is 368 g/mol. The van der Waals surface area contributed by atoms with Crippen molar-refractivity contribution in [3.8, 4) is 5.75 Å². The van der Waals surface area contributed by atoms with Crippen LogP contribution in [0.3, 0.4) is 0 Å². The van der Waals surface area contributed by atoms with Gasteiger partial charge in [-0.05, 0) is 50.0 Å². The fraction of sp³-hybridized carbons (Fsp3) is 0.500. The van der Waals surface area contributed by atoms with Crippen LogP contribution in [-0.2, 0) is 20.8 Å². The Morgan fingerprint density at radius 3 is 2.27 bits per heavy atom. The Bertz CT molecular complexity index is 565. The Hall–Kier alpha value is -2.61. The van der Waals surface area contributed by atoms with Crippen LogP contribution in [0.15, 0.2) is 24.3 Å². The standard InChI is InChI=1S/C16H26N2O2.C2H2O4/c1-3-10-18(11-5-8-16(17)19)12-9-14-6-4-7-15(13-14)20-2;3-1(4)2(5)6/h4,6-7,13H,3,5,8-12H2,1-2H3,(H2,17,19);(H,3,4)(H,5,6). The van der Waals surface area contributed by atoms with Crippen LogP contribution in [0.25, 0.3) is 0 Å². The summed E-state index contributed by atoms with van der Waals surface area (Å²) in [6.45, 7) is 5.16. The molecule has 0 spiro atoms. The van der Waals surface area contributed by atoms with E-state index in [1.165, 1.54) is 5.56 Å². The molecule has 0 fully saturated rings. The molecule has 1 amide bonds. The molecule has 8 nitrogen and oxygen atoms in total. The predicted octanol–water partition coefficient (Wildman–Crippen LogP) is 1.37. The summed E-state index contributed by atoms with van der Waals surface area (Å²) in [5, 5.41) is 14.8. The van der Waals surface area contributed by atoms with Crippen LogP contribution in [0, 0.1) is 0 Å². The molecule has 146 valence electrons. The molecule has 0 bridgehead atoms. The first-order valence-electron chi connectivity index (χ1n) is 8.39. The van der Waals surface area contributed by atoms with Crippen LogP contribution in [0.5, 0.6) is 5.75 Å². The zero-order chi connectivity index (χ0) is 19.9. The maximum absolute atomic E-state index is 10.8. The third-order valence-corrected chi connectivity index (χ3v) is 3.47. The molecule has 0 aliphatic carbocycles. The molecule has 1 rings (SSSR count). The summed E-state index contributed by atoms with van der Waals surface area (Å²) in [4.78, 5) is 31.4. The normalized spacial score (nSPS) is 9.96. The van der Waals surface area contributed by atoms with Gasteiger partial charge in [0, 0.05) is 13.0 Å². The summed E-state index contributed by atoms with van der Waals surface area (Å²) < 4.78 is 5.24. The summed E-state index contributed by atoms with van der Waals surface area (Å²) in [5.74, 6) is -2.96. The number of nitrogens with two attached hydrogens (primary N) is 1. The second kappa shape index (κ2) is 13.7. The molecule has 0 radical (unpaired) electrons. The Morgan fingerprint density at radius 2 is 1.77 bits per heavy atom. The minimum absolute atomic E-state index is 0.214. The Kier molecular flexibility index (Phi) is 12.3. The summed E-state index contributed by atoms with van der Waals surface area (Å²) in [7, 11) is 1.69. The molecule has 26 heavy (non-hydrogen) atoms. The largest absolute Gasteiger partial charge is 0.497 e. The zero-order valence-electron chi connectivity index (χ0n) is 15.3. The van der Waals surface area contributed by atoms with Crippen LogP contribution < -0.4 is 10.5 Å². The third-order valence-electron chi connectivity index (χ3n) is 3.47. The fourth-order valence-corrected chi connectivity index (χ4v) is 2.24. The highest BCUT2D eigenvalue weighted by atomic mass is 16.5. The van der Waals surface area contributed by atoms with Crippen LogP contribution in [0.4, 0.5) is 0 Å². The third kappa shape index (κ3) is 11.9. The minimum Gasteiger partial charge on any atom is -0.497 e. The van der Waals surface area contributed by atoms with E-state index >= 15 is 0 Å². The molecule has 0 aliphatic heterocycles. The number of hydrogen-bond donors (Lipinski definition) is 3. The fourth-order valence-electron chi connectivity index (χ4n) is 2.24. The van der Waals surface area contributed by atoms with E-state index < -0.39 is 11.9 Å². The smallest absolute Gasteiger partial charge is 0.414 e. The molecule has 0 unspecified atom stereocenters. The SMILES string of the molecule is CCCN(CCCC(N)=O)CCc1cccc(OC)c1.O=C(O)C(=O)O. The molecular weight excluding hydrogens is 340 g/mol. The number of carboxylic acids is 2. The summed E-state index contributed by atoms with van der Waals surface area (Å²) >= 11 is 0. The molecule has 0 aromatic heterocycles. The van der Waals surface area contributed by atoms with Gasteiger partial charge in [-0.2, -0.15) is 0 Å². The van der Waals surface area contributed by atoms with Gasteiger partial charge in [0.15, 0.2) is 0 Å². The molecule has 0 atom stereocenters. The highest BCUT2D eigenvalue weighted by Gasteiger charge is 2.06. The van der Waals surface area contributed by atoms with E-state index in [4.69, 9.17) is 30.3 Å². The van der Waals surface area contributed by atoms with Crippen molar-refractivity contribution in [1.82, 2.24) is 4.90 Å². The topological polar surface area (TPSA) is 130 Å². The van der Waals surface area contributed by atoms with Gasteiger partial charge < -0.3 is 25.6 Å². The maximum Gasteiger partial charge on any atom is 0.414 e. The van der Waals surface area contributed by atoms with Crippen molar-refractivity contribution in [3.05, 3.63) is 29.8 Å². The molecule has 1 aromatic rings. The van der Waals surface area contributed by atoms with Crippen molar-refractivity contribution in [2.45, 2.75) is 32.6 Å². The van der Waals surface area contributed by atoms with Crippen molar-refractivity contribution >= 4 is 17.8 Å². The lowest BCUT2D eigenvalue weighted by Crippen LogP contribution is -2.29. The van der Waals surface area contributed by atoms with Crippen molar-refractivity contribution < 1.29 is 29.3 Å². The lowest BCUT2D eigenvalue weighted by molar-refractivity contribution is -0.159. The molecule has 0 saturated heterocycles. The van der Waals surface area contributed by atoms with Crippen molar-refractivity contribution in [2.75, 3.05) is 26.7 Å². The van der Waals surface area contributed by atoms with Gasteiger partial charge in [0.25, 0.3) is 0 Å². The number of rotatable bonds is 10. The second-order valence-corrected chi connectivity index (χ2v) is 5.62. The van der Waals surface area contributed by atoms with E-state index in [2.05, 4.69) is 24.0 Å². The molecule has 0 saturated carbocycles. The zero-order valence-corrected chi connectivity index (χ0v) is 15.3. The molecule has 0 aliphatic rings. The highest BCUT2D eigenvalue weighted by Crippen LogP contribution is 2.13.